The van der Waals surface area contributed by atoms with Gasteiger partial charge in [-0.1, -0.05) is 12.1 Å². The van der Waals surface area contributed by atoms with E-state index in [1.807, 2.05) is 11.6 Å². The van der Waals surface area contributed by atoms with Crippen LogP contribution < -0.4 is 0 Å². The van der Waals surface area contributed by atoms with Crippen molar-refractivity contribution in [1.29, 1.82) is 5.26 Å². The second-order valence-electron chi connectivity index (χ2n) is 5.28. The molecule has 0 bridgehead atoms. The molecule has 1 unspecified atom stereocenters. The van der Waals surface area contributed by atoms with E-state index in [1.54, 1.807) is 24.3 Å². The molecule has 0 amide bonds. The van der Waals surface area contributed by atoms with Crippen molar-refractivity contribution in [3.05, 3.63) is 47.0 Å². The summed E-state index contributed by atoms with van der Waals surface area (Å²) in [7, 11) is 0. The van der Waals surface area contributed by atoms with E-state index in [9.17, 15) is 5.11 Å². The van der Waals surface area contributed by atoms with Crippen LogP contribution in [-0.4, -0.2) is 37.9 Å². The van der Waals surface area contributed by atoms with Crippen LogP contribution >= 0.6 is 0 Å². The Kier molecular flexibility index (Phi) is 3.69. The molecule has 0 radical (unpaired) electrons. The van der Waals surface area contributed by atoms with Crippen LogP contribution in [0.15, 0.2) is 24.3 Å². The largest absolute Gasteiger partial charge is 0.387 e. The Bertz CT molecular complexity index is 670. The molecule has 0 saturated heterocycles. The Balaban J connectivity index is 1.65. The van der Waals surface area contributed by atoms with Gasteiger partial charge in [0.1, 0.15) is 11.6 Å². The van der Waals surface area contributed by atoms with Gasteiger partial charge in [0.2, 0.25) is 0 Å². The lowest BCUT2D eigenvalue weighted by molar-refractivity contribution is 0.0944. The Morgan fingerprint density at radius 1 is 1.33 bits per heavy atom. The maximum Gasteiger partial charge on any atom is 0.147 e. The summed E-state index contributed by atoms with van der Waals surface area (Å²) in [5.74, 6) is 1.74. The maximum atomic E-state index is 10.3. The summed E-state index contributed by atoms with van der Waals surface area (Å²) in [5.41, 5.74) is 1.43. The van der Waals surface area contributed by atoms with Crippen LogP contribution in [0.25, 0.3) is 0 Å². The molecule has 3 rings (SSSR count). The number of nitrogens with zero attached hydrogens (tertiary/aromatic N) is 5. The van der Waals surface area contributed by atoms with Crippen LogP contribution in [0.1, 0.15) is 28.9 Å². The van der Waals surface area contributed by atoms with Crippen molar-refractivity contribution in [3.8, 4) is 6.07 Å². The van der Waals surface area contributed by atoms with Crippen molar-refractivity contribution >= 4 is 0 Å². The minimum atomic E-state index is -0.562. The third kappa shape index (κ3) is 2.94. The fourth-order valence-corrected chi connectivity index (χ4v) is 2.60. The van der Waals surface area contributed by atoms with Gasteiger partial charge in [0.25, 0.3) is 0 Å². The molecule has 1 aliphatic heterocycles. The number of benzene rings is 1. The van der Waals surface area contributed by atoms with E-state index in [2.05, 4.69) is 21.1 Å². The lowest BCUT2D eigenvalue weighted by Crippen LogP contribution is -2.37. The predicted octanol–water partition coefficient (Wildman–Crippen LogP) is 1.01. The topological polar surface area (TPSA) is 78.0 Å². The van der Waals surface area contributed by atoms with E-state index in [0.29, 0.717) is 18.7 Å². The average molecular weight is 283 g/mol. The molecule has 0 aliphatic carbocycles. The molecule has 1 aromatic carbocycles. The van der Waals surface area contributed by atoms with Gasteiger partial charge in [-0.15, -0.1) is 0 Å². The number of fused-ring (bicyclic) bond motifs is 1. The monoisotopic (exact) mass is 283 g/mol. The van der Waals surface area contributed by atoms with Crippen LogP contribution in [0, 0.1) is 18.3 Å². The SMILES string of the molecule is Cc1nc2n(n1)CCN(CC(O)c1ccc(C#N)cc1)C2. The zero-order chi connectivity index (χ0) is 14.8. The van der Waals surface area contributed by atoms with Crippen molar-refractivity contribution in [2.45, 2.75) is 26.1 Å². The third-order valence-electron chi connectivity index (χ3n) is 3.70. The standard InChI is InChI=1S/C15H17N5O/c1-11-17-15-10-19(6-7-20(15)18-11)9-14(21)13-4-2-12(8-16)3-5-13/h2-5,14,21H,6-7,9-10H2,1H3. The highest BCUT2D eigenvalue weighted by Gasteiger charge is 2.21. The summed E-state index contributed by atoms with van der Waals surface area (Å²) in [6.45, 7) is 4.80. The van der Waals surface area contributed by atoms with Crippen molar-refractivity contribution in [2.24, 2.45) is 0 Å². The summed E-state index contributed by atoms with van der Waals surface area (Å²) < 4.78 is 1.93. The molecule has 21 heavy (non-hydrogen) atoms. The number of hydrogen-bond acceptors (Lipinski definition) is 5. The lowest BCUT2D eigenvalue weighted by atomic mass is 10.1. The highest BCUT2D eigenvalue weighted by atomic mass is 16.3. The summed E-state index contributed by atoms with van der Waals surface area (Å²) in [4.78, 5) is 6.57. The van der Waals surface area contributed by atoms with Crippen LogP contribution in [0.5, 0.6) is 0 Å². The summed E-state index contributed by atoms with van der Waals surface area (Å²) in [6.07, 6.45) is -0.562. The fourth-order valence-electron chi connectivity index (χ4n) is 2.60. The van der Waals surface area contributed by atoms with E-state index in [4.69, 9.17) is 5.26 Å². The van der Waals surface area contributed by atoms with Crippen LogP contribution in [0.3, 0.4) is 0 Å². The van der Waals surface area contributed by atoms with E-state index in [-0.39, 0.29) is 0 Å². The molecule has 6 nitrogen and oxygen atoms in total. The van der Waals surface area contributed by atoms with E-state index in [1.165, 1.54) is 0 Å². The lowest BCUT2D eigenvalue weighted by Gasteiger charge is -2.28. The molecule has 0 fully saturated rings. The number of nitriles is 1. The quantitative estimate of drug-likeness (QED) is 0.909. The van der Waals surface area contributed by atoms with E-state index < -0.39 is 6.10 Å². The highest BCUT2D eigenvalue weighted by molar-refractivity contribution is 5.32. The van der Waals surface area contributed by atoms with Gasteiger partial charge in [0, 0.05) is 13.1 Å². The summed E-state index contributed by atoms with van der Waals surface area (Å²) in [6, 6.07) is 9.15. The molecule has 108 valence electrons. The van der Waals surface area contributed by atoms with Crippen LogP contribution in [-0.2, 0) is 13.1 Å². The van der Waals surface area contributed by atoms with Gasteiger partial charge in [0.05, 0.1) is 30.8 Å². The van der Waals surface area contributed by atoms with Crippen molar-refractivity contribution in [3.63, 3.8) is 0 Å². The number of hydrogen-bond donors (Lipinski definition) is 1. The highest BCUT2D eigenvalue weighted by Crippen LogP contribution is 2.18. The summed E-state index contributed by atoms with van der Waals surface area (Å²) in [5, 5.41) is 23.4. The van der Waals surface area contributed by atoms with E-state index in [0.717, 1.165) is 30.3 Å². The first-order chi connectivity index (χ1) is 10.2. The van der Waals surface area contributed by atoms with Gasteiger partial charge in [-0.05, 0) is 24.6 Å². The second kappa shape index (κ2) is 5.64. The average Bonchev–Trinajstić information content (AvgIpc) is 2.86. The molecule has 0 spiro atoms. The van der Waals surface area contributed by atoms with Gasteiger partial charge in [-0.2, -0.15) is 10.4 Å². The maximum absolute atomic E-state index is 10.3. The number of aromatic nitrogens is 3. The molecule has 1 aliphatic rings. The minimum absolute atomic E-state index is 0.553. The Hall–Kier alpha value is -2.23. The zero-order valence-corrected chi connectivity index (χ0v) is 11.9. The van der Waals surface area contributed by atoms with Crippen LogP contribution in [0.2, 0.25) is 0 Å². The number of β-amino-alcohol motifs (C(OH)–C–C–N with tert-alkyl or cyclic N) is 1. The zero-order valence-electron chi connectivity index (χ0n) is 11.9. The molecule has 1 atom stereocenters. The Labute approximate surface area is 123 Å². The van der Waals surface area contributed by atoms with Crippen molar-refractivity contribution in [2.75, 3.05) is 13.1 Å². The number of aliphatic hydroxyl groups is 1. The fraction of sp³-hybridized carbons (Fsp3) is 0.400. The first kappa shape index (κ1) is 13.7. The number of aryl methyl sites for hydroxylation is 1. The smallest absolute Gasteiger partial charge is 0.147 e. The van der Waals surface area contributed by atoms with Gasteiger partial charge in [0.15, 0.2) is 0 Å². The van der Waals surface area contributed by atoms with Crippen molar-refractivity contribution in [1.82, 2.24) is 19.7 Å². The molecule has 1 N–H and O–H groups in total. The normalized spacial score (nSPS) is 16.2. The molecular formula is C15H17N5O. The predicted molar refractivity (Wildman–Crippen MR) is 76.2 cm³/mol. The summed E-state index contributed by atoms with van der Waals surface area (Å²) >= 11 is 0. The first-order valence-electron chi connectivity index (χ1n) is 6.96. The second-order valence-corrected chi connectivity index (χ2v) is 5.28. The van der Waals surface area contributed by atoms with Gasteiger partial charge >= 0.3 is 0 Å². The van der Waals surface area contributed by atoms with Crippen LogP contribution in [0.4, 0.5) is 0 Å². The van der Waals surface area contributed by atoms with Gasteiger partial charge < -0.3 is 5.11 Å². The van der Waals surface area contributed by atoms with E-state index >= 15 is 0 Å². The van der Waals surface area contributed by atoms with Gasteiger partial charge in [-0.25, -0.2) is 9.67 Å². The first-order valence-corrected chi connectivity index (χ1v) is 6.96. The molecule has 2 heterocycles. The molecule has 6 heteroatoms. The number of aliphatic hydroxyl groups excluding tert-OH is 1. The third-order valence-corrected chi connectivity index (χ3v) is 3.70. The number of rotatable bonds is 3. The van der Waals surface area contributed by atoms with Gasteiger partial charge in [-0.3, -0.25) is 4.90 Å². The van der Waals surface area contributed by atoms with Crippen molar-refractivity contribution < 1.29 is 5.11 Å². The molecular weight excluding hydrogens is 266 g/mol. The Morgan fingerprint density at radius 3 is 2.81 bits per heavy atom. The molecule has 1 aromatic heterocycles. The molecule has 2 aromatic rings. The Morgan fingerprint density at radius 2 is 2.10 bits per heavy atom. The molecule has 0 saturated carbocycles. The minimum Gasteiger partial charge on any atom is -0.387 e.